The molecule has 0 amide bonds. The van der Waals surface area contributed by atoms with Crippen molar-refractivity contribution in [1.29, 1.82) is 0 Å². The van der Waals surface area contributed by atoms with Gasteiger partial charge in [0.25, 0.3) is 0 Å². The van der Waals surface area contributed by atoms with Crippen molar-refractivity contribution in [2.45, 2.75) is 43.6 Å². The van der Waals surface area contributed by atoms with Gasteiger partial charge in [0.2, 0.25) is 0 Å². The second-order valence-corrected chi connectivity index (χ2v) is 5.89. The van der Waals surface area contributed by atoms with Crippen molar-refractivity contribution in [2.24, 2.45) is 0 Å². The molecule has 0 spiro atoms. The Hall–Kier alpha value is -1.19. The van der Waals surface area contributed by atoms with E-state index in [1.807, 2.05) is 12.1 Å². The zero-order valence-corrected chi connectivity index (χ0v) is 12.1. The Labute approximate surface area is 120 Å². The lowest BCUT2D eigenvalue weighted by molar-refractivity contribution is -0.0663. The van der Waals surface area contributed by atoms with Gasteiger partial charge in [-0.25, -0.2) is 0 Å². The molecule has 1 heterocycles. The molecule has 1 aromatic carbocycles. The first kappa shape index (κ1) is 13.8. The predicted octanol–water partition coefficient (Wildman–Crippen LogP) is 3.33. The fourth-order valence-electron chi connectivity index (χ4n) is 3.16. The molecule has 3 rings (SSSR count). The van der Waals surface area contributed by atoms with Gasteiger partial charge in [-0.15, -0.1) is 0 Å². The van der Waals surface area contributed by atoms with Crippen LogP contribution in [0.3, 0.4) is 0 Å². The number of ether oxygens (including phenoxy) is 2. The molecule has 1 aromatic rings. The molecule has 1 saturated carbocycles. The number of rotatable bonds is 4. The van der Waals surface area contributed by atoms with E-state index in [9.17, 15) is 4.79 Å². The van der Waals surface area contributed by atoms with Gasteiger partial charge < -0.3 is 9.47 Å². The van der Waals surface area contributed by atoms with Gasteiger partial charge in [-0.1, -0.05) is 24.6 Å². The topological polar surface area (TPSA) is 35.5 Å². The molecule has 1 aliphatic carbocycles. The number of methoxy groups -OCH3 is 1. The summed E-state index contributed by atoms with van der Waals surface area (Å²) in [6.07, 6.45) is 5.11. The molecule has 0 bridgehead atoms. The van der Waals surface area contributed by atoms with Crippen LogP contribution < -0.4 is 0 Å². The lowest BCUT2D eigenvalue weighted by Gasteiger charge is -2.34. The number of ketones is 1. The monoisotopic (exact) mass is 274 g/mol. The van der Waals surface area contributed by atoms with Crippen LogP contribution in [0.25, 0.3) is 0 Å². The summed E-state index contributed by atoms with van der Waals surface area (Å²) in [5.41, 5.74) is 1.41. The molecule has 1 saturated heterocycles. The highest BCUT2D eigenvalue weighted by molar-refractivity contribution is 6.02. The number of carbonyl (C=O) groups excluding carboxylic acids is 1. The first-order valence-corrected chi connectivity index (χ1v) is 7.53. The number of hydrogen-bond acceptors (Lipinski definition) is 3. The summed E-state index contributed by atoms with van der Waals surface area (Å²) in [4.78, 5) is 12.9. The van der Waals surface area contributed by atoms with E-state index < -0.39 is 5.60 Å². The Morgan fingerprint density at radius 1 is 1.30 bits per heavy atom. The van der Waals surface area contributed by atoms with Crippen molar-refractivity contribution in [3.8, 4) is 0 Å². The summed E-state index contributed by atoms with van der Waals surface area (Å²) in [6.45, 7) is 1.20. The molecule has 2 fully saturated rings. The van der Waals surface area contributed by atoms with Crippen molar-refractivity contribution in [3.05, 3.63) is 35.4 Å². The minimum atomic E-state index is -0.684. The van der Waals surface area contributed by atoms with Crippen molar-refractivity contribution in [3.63, 3.8) is 0 Å². The third-order valence-electron chi connectivity index (χ3n) is 4.83. The SMILES string of the molecule is COC1(C(=O)c2cccc(C3CCC3)c2)CCOCC1. The van der Waals surface area contributed by atoms with E-state index in [0.29, 0.717) is 32.0 Å². The normalized spacial score (nSPS) is 22.2. The number of carbonyl (C=O) groups is 1. The van der Waals surface area contributed by atoms with E-state index in [1.54, 1.807) is 7.11 Å². The number of benzene rings is 1. The van der Waals surface area contributed by atoms with Crippen molar-refractivity contribution in [2.75, 3.05) is 20.3 Å². The van der Waals surface area contributed by atoms with Gasteiger partial charge in [0.15, 0.2) is 5.78 Å². The summed E-state index contributed by atoms with van der Waals surface area (Å²) < 4.78 is 11.0. The number of hydrogen-bond donors (Lipinski definition) is 0. The Morgan fingerprint density at radius 2 is 2.05 bits per heavy atom. The second-order valence-electron chi connectivity index (χ2n) is 5.89. The van der Waals surface area contributed by atoms with Gasteiger partial charge in [-0.05, 0) is 30.4 Å². The molecule has 108 valence electrons. The van der Waals surface area contributed by atoms with Crippen LogP contribution in [0.2, 0.25) is 0 Å². The average molecular weight is 274 g/mol. The van der Waals surface area contributed by atoms with Gasteiger partial charge in [-0.2, -0.15) is 0 Å². The summed E-state index contributed by atoms with van der Waals surface area (Å²) >= 11 is 0. The van der Waals surface area contributed by atoms with Crippen molar-refractivity contribution >= 4 is 5.78 Å². The third-order valence-corrected chi connectivity index (χ3v) is 4.83. The molecule has 3 nitrogen and oxygen atoms in total. The fraction of sp³-hybridized carbons (Fsp3) is 0.588. The maximum absolute atomic E-state index is 12.9. The molecule has 3 heteroatoms. The first-order valence-electron chi connectivity index (χ1n) is 7.53. The highest BCUT2D eigenvalue weighted by atomic mass is 16.5. The Kier molecular flexibility index (Phi) is 3.90. The van der Waals surface area contributed by atoms with E-state index in [0.717, 1.165) is 5.56 Å². The van der Waals surface area contributed by atoms with Gasteiger partial charge >= 0.3 is 0 Å². The van der Waals surface area contributed by atoms with Gasteiger partial charge in [0.05, 0.1) is 0 Å². The molecule has 0 atom stereocenters. The molecule has 2 aliphatic rings. The van der Waals surface area contributed by atoms with Crippen LogP contribution in [0.4, 0.5) is 0 Å². The smallest absolute Gasteiger partial charge is 0.194 e. The van der Waals surface area contributed by atoms with E-state index in [4.69, 9.17) is 9.47 Å². The van der Waals surface area contributed by atoms with Crippen LogP contribution >= 0.6 is 0 Å². The van der Waals surface area contributed by atoms with Crippen LogP contribution in [0.5, 0.6) is 0 Å². The summed E-state index contributed by atoms with van der Waals surface area (Å²) in [5.74, 6) is 0.764. The molecule has 0 unspecified atom stereocenters. The largest absolute Gasteiger partial charge is 0.381 e. The minimum Gasteiger partial charge on any atom is -0.381 e. The Balaban J connectivity index is 1.85. The predicted molar refractivity (Wildman–Crippen MR) is 77.2 cm³/mol. The van der Waals surface area contributed by atoms with E-state index in [-0.39, 0.29) is 5.78 Å². The average Bonchev–Trinajstić information content (AvgIpc) is 2.46. The van der Waals surface area contributed by atoms with Crippen LogP contribution in [-0.4, -0.2) is 31.7 Å². The van der Waals surface area contributed by atoms with Gasteiger partial charge in [0.1, 0.15) is 5.60 Å². The van der Waals surface area contributed by atoms with Crippen LogP contribution in [0.1, 0.15) is 53.9 Å². The Morgan fingerprint density at radius 3 is 2.65 bits per heavy atom. The summed E-state index contributed by atoms with van der Waals surface area (Å²) in [5, 5.41) is 0. The van der Waals surface area contributed by atoms with Gasteiger partial charge in [-0.3, -0.25) is 4.79 Å². The number of Topliss-reactive ketones (excluding diaryl/α,β-unsaturated/α-hetero) is 1. The zero-order chi connectivity index (χ0) is 14.0. The maximum atomic E-state index is 12.9. The fourth-order valence-corrected chi connectivity index (χ4v) is 3.16. The molecule has 0 aromatic heterocycles. The third kappa shape index (κ3) is 2.40. The molecule has 0 radical (unpaired) electrons. The molecule has 0 N–H and O–H groups in total. The molecule has 1 aliphatic heterocycles. The maximum Gasteiger partial charge on any atom is 0.194 e. The van der Waals surface area contributed by atoms with Crippen LogP contribution in [0, 0.1) is 0 Å². The van der Waals surface area contributed by atoms with E-state index in [1.165, 1.54) is 24.8 Å². The van der Waals surface area contributed by atoms with Crippen LogP contribution in [-0.2, 0) is 9.47 Å². The van der Waals surface area contributed by atoms with E-state index in [2.05, 4.69) is 12.1 Å². The second kappa shape index (κ2) is 5.66. The quantitative estimate of drug-likeness (QED) is 0.790. The minimum absolute atomic E-state index is 0.115. The summed E-state index contributed by atoms with van der Waals surface area (Å²) in [6, 6.07) is 8.14. The lowest BCUT2D eigenvalue weighted by Crippen LogP contribution is -2.45. The summed E-state index contributed by atoms with van der Waals surface area (Å²) in [7, 11) is 1.64. The van der Waals surface area contributed by atoms with Crippen molar-refractivity contribution < 1.29 is 14.3 Å². The van der Waals surface area contributed by atoms with Gasteiger partial charge in [0, 0.05) is 38.7 Å². The molecular formula is C17H22O3. The highest BCUT2D eigenvalue weighted by Gasteiger charge is 2.40. The first-order chi connectivity index (χ1) is 9.75. The molecule has 20 heavy (non-hydrogen) atoms. The van der Waals surface area contributed by atoms with Crippen LogP contribution in [0.15, 0.2) is 24.3 Å². The Bertz CT molecular complexity index is 485. The van der Waals surface area contributed by atoms with E-state index >= 15 is 0 Å². The highest BCUT2D eigenvalue weighted by Crippen LogP contribution is 2.37. The standard InChI is InChI=1S/C17H22O3/c1-19-17(8-10-20-11-9-17)16(18)15-7-3-6-14(12-15)13-4-2-5-13/h3,6-7,12-13H,2,4-5,8-11H2,1H3. The van der Waals surface area contributed by atoms with Crippen molar-refractivity contribution in [1.82, 2.24) is 0 Å². The lowest BCUT2D eigenvalue weighted by atomic mass is 9.78. The molecular weight excluding hydrogens is 252 g/mol. The zero-order valence-electron chi connectivity index (χ0n) is 12.1.